The molecule has 10 nitrogen and oxygen atoms in total. The van der Waals surface area contributed by atoms with Gasteiger partial charge in [-0.25, -0.2) is 54.3 Å². The summed E-state index contributed by atoms with van der Waals surface area (Å²) >= 11 is 0. The van der Waals surface area contributed by atoms with Gasteiger partial charge in [0.05, 0.1) is 11.1 Å². The van der Waals surface area contributed by atoms with Crippen molar-refractivity contribution in [3.05, 3.63) is 104 Å². The fraction of sp³-hybridized carbons (Fsp3) is 0. The van der Waals surface area contributed by atoms with Crippen molar-refractivity contribution in [1.82, 2.24) is 0 Å². The summed E-state index contributed by atoms with van der Waals surface area (Å²) in [6, 6.07) is 0. The first-order valence-electron chi connectivity index (χ1n) is 12.4. The summed E-state index contributed by atoms with van der Waals surface area (Å²) in [5.74, 6) is -63.1. The highest BCUT2D eigenvalue weighted by atomic mass is 19.2. The first-order valence-corrected chi connectivity index (χ1v) is 12.4. The lowest BCUT2D eigenvalue weighted by molar-refractivity contribution is 0.0640. The largest absolute Gasteiger partial charge is 0.478 e. The number of ether oxygens (including phenoxy) is 2. The van der Waals surface area contributed by atoms with Crippen LogP contribution in [0, 0.1) is 81.4 Å². The fourth-order valence-electron chi connectivity index (χ4n) is 4.31. The lowest BCUT2D eigenvalue weighted by Gasteiger charge is -2.18. The van der Waals surface area contributed by atoms with Crippen molar-refractivity contribution < 1.29 is 111 Å². The number of aromatic carboxylic acids is 4. The summed E-state index contributed by atoms with van der Waals surface area (Å²) in [6.45, 7) is 0. The van der Waals surface area contributed by atoms with E-state index in [-0.39, 0.29) is 0 Å². The molecule has 4 rings (SSSR count). The van der Waals surface area contributed by atoms with E-state index >= 15 is 17.6 Å². The summed E-state index contributed by atoms with van der Waals surface area (Å²) < 4.78 is 215. The van der Waals surface area contributed by atoms with Gasteiger partial charge in [-0.2, -0.15) is 26.3 Å². The van der Waals surface area contributed by atoms with E-state index in [1.54, 1.807) is 0 Å². The highest BCUT2D eigenvalue weighted by Gasteiger charge is 2.40. The van der Waals surface area contributed by atoms with Gasteiger partial charge in [-0.3, -0.25) is 0 Å². The monoisotopic (exact) mass is 766 g/mol. The van der Waals surface area contributed by atoms with Crippen LogP contribution in [0.25, 0.3) is 11.1 Å². The smallest absolute Gasteiger partial charge is 0.339 e. The Morgan fingerprint density at radius 3 is 0.673 bits per heavy atom. The number of rotatable bonds is 9. The number of hydrogen-bond acceptors (Lipinski definition) is 6. The van der Waals surface area contributed by atoms with E-state index in [4.69, 9.17) is 20.4 Å². The minimum Gasteiger partial charge on any atom is -0.478 e. The van der Waals surface area contributed by atoms with Gasteiger partial charge in [-0.15, -0.1) is 0 Å². The predicted molar refractivity (Wildman–Crippen MR) is 132 cm³/mol. The quantitative estimate of drug-likeness (QED) is 0.0980. The average Bonchev–Trinajstić information content (AvgIpc) is 3.06. The third kappa shape index (κ3) is 5.65. The molecule has 0 unspecified atom stereocenters. The molecule has 0 radical (unpaired) electrons. The second-order valence-electron chi connectivity index (χ2n) is 9.39. The van der Waals surface area contributed by atoms with Crippen LogP contribution in [0.1, 0.15) is 41.4 Å². The Bertz CT molecular complexity index is 2110. The molecule has 0 aromatic heterocycles. The van der Waals surface area contributed by atoms with Crippen LogP contribution in [0.2, 0.25) is 0 Å². The molecule has 0 saturated heterocycles. The second-order valence-corrected chi connectivity index (χ2v) is 9.39. The molecule has 4 N–H and O–H groups in total. The number of carbonyl (C=O) groups is 4. The number of hydrogen-bond donors (Lipinski definition) is 4. The Morgan fingerprint density at radius 2 is 0.462 bits per heavy atom. The molecule has 0 amide bonds. The first kappa shape index (κ1) is 38.2. The van der Waals surface area contributed by atoms with Gasteiger partial charge in [0, 0.05) is 0 Å². The topological polar surface area (TPSA) is 168 Å². The Morgan fingerprint density at radius 1 is 0.288 bits per heavy atom. The van der Waals surface area contributed by atoms with Crippen LogP contribution in [0.3, 0.4) is 0 Å². The van der Waals surface area contributed by atoms with Gasteiger partial charge in [0.2, 0.25) is 57.9 Å². The molecule has 52 heavy (non-hydrogen) atoms. The summed E-state index contributed by atoms with van der Waals surface area (Å²) in [7, 11) is 0. The van der Waals surface area contributed by atoms with Gasteiger partial charge < -0.3 is 29.9 Å². The number of carboxylic acids is 4. The zero-order valence-corrected chi connectivity index (χ0v) is 23.5. The van der Waals surface area contributed by atoms with E-state index < -0.39 is 162 Å². The van der Waals surface area contributed by atoms with E-state index in [0.29, 0.717) is 0 Å². The Balaban J connectivity index is 1.95. The van der Waals surface area contributed by atoms with Gasteiger partial charge in [0.15, 0.2) is 46.5 Å². The minimum absolute atomic E-state index is 2.22. The second kappa shape index (κ2) is 13.3. The molecule has 0 saturated carbocycles. The predicted octanol–water partition coefficient (Wildman–Crippen LogP) is 7.68. The maximum Gasteiger partial charge on any atom is 0.339 e. The molecule has 0 heterocycles. The lowest BCUT2D eigenvalue weighted by atomic mass is 10.0. The van der Waals surface area contributed by atoms with Crippen LogP contribution in [0.15, 0.2) is 0 Å². The van der Waals surface area contributed by atoms with Crippen molar-refractivity contribution in [3.63, 3.8) is 0 Å². The van der Waals surface area contributed by atoms with Gasteiger partial charge in [-0.1, -0.05) is 0 Å². The maximum atomic E-state index is 15.0. The molecule has 0 aliphatic heterocycles. The molecule has 24 heteroatoms. The molecular formula is C28H4F14O10. The van der Waals surface area contributed by atoms with E-state index in [0.717, 1.165) is 0 Å². The average molecular weight is 766 g/mol. The number of carboxylic acid groups (broad SMARTS) is 4. The van der Waals surface area contributed by atoms with Crippen LogP contribution >= 0.6 is 0 Å². The van der Waals surface area contributed by atoms with Crippen LogP contribution in [0.5, 0.6) is 23.0 Å². The van der Waals surface area contributed by atoms with Crippen molar-refractivity contribution in [3.8, 4) is 34.1 Å². The normalized spacial score (nSPS) is 11.1. The van der Waals surface area contributed by atoms with Gasteiger partial charge in [0.25, 0.3) is 0 Å². The zero-order chi connectivity index (χ0) is 39.6. The van der Waals surface area contributed by atoms with Crippen molar-refractivity contribution in [2.24, 2.45) is 0 Å². The highest BCUT2D eigenvalue weighted by molar-refractivity contribution is 6.03. The molecule has 0 aliphatic carbocycles. The summed E-state index contributed by atoms with van der Waals surface area (Å²) in [5.41, 5.74) is -14.5. The van der Waals surface area contributed by atoms with Crippen LogP contribution < -0.4 is 9.47 Å². The lowest BCUT2D eigenvalue weighted by Crippen LogP contribution is -2.17. The maximum absolute atomic E-state index is 15.0. The fourth-order valence-corrected chi connectivity index (χ4v) is 4.31. The van der Waals surface area contributed by atoms with Crippen molar-refractivity contribution >= 4 is 23.9 Å². The minimum atomic E-state index is -3.16. The summed E-state index contributed by atoms with van der Waals surface area (Å²) in [4.78, 5) is 44.8. The molecule has 0 aliphatic rings. The third-order valence-electron chi connectivity index (χ3n) is 6.52. The van der Waals surface area contributed by atoms with Crippen LogP contribution in [0.4, 0.5) is 61.5 Å². The molecule has 0 spiro atoms. The third-order valence-corrected chi connectivity index (χ3v) is 6.52. The number of benzene rings is 4. The summed E-state index contributed by atoms with van der Waals surface area (Å²) in [5, 5.41) is 35.8. The zero-order valence-electron chi connectivity index (χ0n) is 23.5. The number of halogens is 14. The molecule has 4 aromatic rings. The van der Waals surface area contributed by atoms with E-state index in [9.17, 15) is 63.1 Å². The van der Waals surface area contributed by atoms with E-state index in [1.807, 2.05) is 0 Å². The van der Waals surface area contributed by atoms with E-state index in [2.05, 4.69) is 9.47 Å². The van der Waals surface area contributed by atoms with Crippen molar-refractivity contribution in [2.75, 3.05) is 0 Å². The van der Waals surface area contributed by atoms with Crippen LogP contribution in [-0.4, -0.2) is 44.3 Å². The molecular weight excluding hydrogens is 762 g/mol. The Kier molecular flexibility index (Phi) is 9.73. The Hall–Kier alpha value is -6.62. The van der Waals surface area contributed by atoms with E-state index in [1.165, 1.54) is 0 Å². The van der Waals surface area contributed by atoms with Gasteiger partial charge in [-0.05, 0) is 0 Å². The molecule has 4 aromatic carbocycles. The molecule has 0 bridgehead atoms. The SMILES string of the molecule is O=C(O)c1c(F)c(F)c(Oc2c(F)c(F)c(-c3c(F)c(F)c(Oc4c(F)c(F)c(C(=O)O)c(C(=O)O)c4F)c(F)c3F)c(F)c2F)c(F)c1C(=O)O. The molecule has 0 atom stereocenters. The molecule has 274 valence electrons. The van der Waals surface area contributed by atoms with Crippen molar-refractivity contribution in [2.45, 2.75) is 0 Å². The standard InChI is InChI=1S/C28H4F14O10/c29-7-1(8(30)16(38)23(15(7)37)51-21-13(35)5(27(47)48)3(25(43)44)11(33)19(21)41)2-9(31)17(39)24(18(40)10(2)32)52-22-14(36)6(28(49)50)4(26(45)46)12(34)20(22)42/h(H,43,44)(H,45,46)(H,47,48)(H,49,50). The van der Waals surface area contributed by atoms with Crippen LogP contribution in [-0.2, 0) is 0 Å². The van der Waals surface area contributed by atoms with Gasteiger partial charge in [0.1, 0.15) is 22.3 Å². The Labute approximate surface area is 272 Å². The molecule has 0 fully saturated rings. The highest BCUT2D eigenvalue weighted by Crippen LogP contribution is 2.45. The van der Waals surface area contributed by atoms with Crippen molar-refractivity contribution in [1.29, 1.82) is 0 Å². The first-order chi connectivity index (χ1) is 24.0. The van der Waals surface area contributed by atoms with Gasteiger partial charge >= 0.3 is 23.9 Å². The summed E-state index contributed by atoms with van der Waals surface area (Å²) in [6.07, 6.45) is 0.